The molecule has 0 atom stereocenters. The van der Waals surface area contributed by atoms with Crippen LogP contribution in [0.4, 0.5) is 8.78 Å². The van der Waals surface area contributed by atoms with Crippen molar-refractivity contribution in [3.05, 3.63) is 58.6 Å². The Morgan fingerprint density at radius 3 is 2.40 bits per heavy atom. The van der Waals surface area contributed by atoms with Crippen molar-refractivity contribution in [2.24, 2.45) is 0 Å². The van der Waals surface area contributed by atoms with Crippen molar-refractivity contribution in [2.45, 2.75) is 30.3 Å². The lowest BCUT2D eigenvalue weighted by atomic mass is 9.44. The minimum absolute atomic E-state index is 0.00421. The molecule has 0 aromatic heterocycles. The van der Waals surface area contributed by atoms with E-state index < -0.39 is 11.6 Å². The SMILES string of the molecule is COc1cc(C(=O)NC23CC(NC(=O)COc4ccc(Cl)c(F)c4)(C2)C3)ccc1F. The van der Waals surface area contributed by atoms with Crippen molar-refractivity contribution in [3.8, 4) is 11.5 Å². The predicted molar refractivity (Wildman–Crippen MR) is 105 cm³/mol. The summed E-state index contributed by atoms with van der Waals surface area (Å²) in [5, 5.41) is 5.85. The van der Waals surface area contributed by atoms with Crippen LogP contribution in [0.5, 0.6) is 11.5 Å². The van der Waals surface area contributed by atoms with Crippen molar-refractivity contribution in [1.82, 2.24) is 10.6 Å². The highest BCUT2D eigenvalue weighted by molar-refractivity contribution is 6.30. The van der Waals surface area contributed by atoms with E-state index in [1.807, 2.05) is 0 Å². The minimum atomic E-state index is -0.620. The van der Waals surface area contributed by atoms with Crippen LogP contribution >= 0.6 is 11.6 Å². The Kier molecular flexibility index (Phi) is 5.05. The largest absolute Gasteiger partial charge is 0.494 e. The van der Waals surface area contributed by atoms with E-state index in [4.69, 9.17) is 21.1 Å². The average molecular weight is 437 g/mol. The maximum Gasteiger partial charge on any atom is 0.258 e. The standard InChI is InChI=1S/C21H19ClF2N2O4/c1-29-17-6-12(2-5-15(17)23)19(28)26-21-9-20(10-21,11-21)25-18(27)8-30-13-3-4-14(22)16(24)7-13/h2-7H,8-11H2,1H3,(H,25,27)(H,26,28). The number of rotatable bonds is 7. The van der Waals surface area contributed by atoms with Gasteiger partial charge in [0, 0.05) is 22.7 Å². The summed E-state index contributed by atoms with van der Waals surface area (Å²) < 4.78 is 37.1. The van der Waals surface area contributed by atoms with Gasteiger partial charge < -0.3 is 20.1 Å². The maximum atomic E-state index is 13.5. The van der Waals surface area contributed by atoms with Gasteiger partial charge in [-0.15, -0.1) is 0 Å². The van der Waals surface area contributed by atoms with Crippen LogP contribution < -0.4 is 20.1 Å². The molecule has 0 spiro atoms. The zero-order valence-electron chi connectivity index (χ0n) is 16.1. The van der Waals surface area contributed by atoms with Gasteiger partial charge in [0.05, 0.1) is 12.1 Å². The number of hydrogen-bond acceptors (Lipinski definition) is 4. The molecule has 0 radical (unpaired) electrons. The van der Waals surface area contributed by atoms with E-state index in [0.29, 0.717) is 24.8 Å². The second-order valence-corrected chi connectivity index (χ2v) is 8.21. The molecule has 2 aromatic rings. The Morgan fingerprint density at radius 1 is 1.03 bits per heavy atom. The molecule has 2 aromatic carbocycles. The lowest BCUT2D eigenvalue weighted by Crippen LogP contribution is -2.84. The first-order valence-electron chi connectivity index (χ1n) is 9.28. The fourth-order valence-electron chi connectivity index (χ4n) is 4.21. The third kappa shape index (κ3) is 3.79. The molecule has 30 heavy (non-hydrogen) atoms. The number of methoxy groups -OCH3 is 1. The van der Waals surface area contributed by atoms with Crippen molar-refractivity contribution < 1.29 is 27.8 Å². The summed E-state index contributed by atoms with van der Waals surface area (Å²) in [6, 6.07) is 7.89. The third-order valence-corrected chi connectivity index (χ3v) is 5.79. The highest BCUT2D eigenvalue weighted by atomic mass is 35.5. The maximum absolute atomic E-state index is 13.5. The van der Waals surface area contributed by atoms with Crippen LogP contribution in [-0.4, -0.2) is 36.6 Å². The van der Waals surface area contributed by atoms with Crippen molar-refractivity contribution in [2.75, 3.05) is 13.7 Å². The van der Waals surface area contributed by atoms with Gasteiger partial charge in [-0.25, -0.2) is 8.78 Å². The average Bonchev–Trinajstić information content (AvgIpc) is 2.66. The first kappa shape index (κ1) is 20.4. The van der Waals surface area contributed by atoms with Crippen LogP contribution in [0, 0.1) is 11.6 Å². The molecule has 2 bridgehead atoms. The van der Waals surface area contributed by atoms with Gasteiger partial charge in [0.2, 0.25) is 0 Å². The lowest BCUT2D eigenvalue weighted by Gasteiger charge is -2.70. The third-order valence-electron chi connectivity index (χ3n) is 5.49. The zero-order chi connectivity index (χ0) is 21.5. The number of nitrogens with one attached hydrogen (secondary N) is 2. The molecule has 0 unspecified atom stereocenters. The molecule has 0 heterocycles. The van der Waals surface area contributed by atoms with Crippen LogP contribution in [0.1, 0.15) is 29.6 Å². The van der Waals surface area contributed by atoms with E-state index in [0.717, 1.165) is 6.07 Å². The minimum Gasteiger partial charge on any atom is -0.494 e. The molecule has 2 N–H and O–H groups in total. The molecule has 158 valence electrons. The van der Waals surface area contributed by atoms with Crippen molar-refractivity contribution in [1.29, 1.82) is 0 Å². The van der Waals surface area contributed by atoms with E-state index in [1.165, 1.54) is 37.4 Å². The summed E-state index contributed by atoms with van der Waals surface area (Å²) >= 11 is 5.61. The summed E-state index contributed by atoms with van der Waals surface area (Å²) in [5.41, 5.74) is -0.425. The van der Waals surface area contributed by atoms with Gasteiger partial charge in [0.25, 0.3) is 11.8 Å². The summed E-state index contributed by atoms with van der Waals surface area (Å²) in [6.07, 6.45) is 1.81. The molecular formula is C21H19ClF2N2O4. The van der Waals surface area contributed by atoms with Gasteiger partial charge >= 0.3 is 0 Å². The Balaban J connectivity index is 1.25. The van der Waals surface area contributed by atoms with E-state index in [2.05, 4.69) is 10.6 Å². The van der Waals surface area contributed by atoms with E-state index in [9.17, 15) is 18.4 Å². The van der Waals surface area contributed by atoms with Gasteiger partial charge in [-0.3, -0.25) is 9.59 Å². The van der Waals surface area contributed by atoms with Crippen LogP contribution in [0.3, 0.4) is 0 Å². The molecule has 2 amide bonds. The molecule has 6 nitrogen and oxygen atoms in total. The van der Waals surface area contributed by atoms with Gasteiger partial charge in [-0.05, 0) is 49.6 Å². The van der Waals surface area contributed by atoms with Crippen molar-refractivity contribution >= 4 is 23.4 Å². The Labute approximate surface area is 176 Å². The quantitative estimate of drug-likeness (QED) is 0.698. The van der Waals surface area contributed by atoms with E-state index in [1.54, 1.807) is 0 Å². The number of hydrogen-bond donors (Lipinski definition) is 2. The summed E-state index contributed by atoms with van der Waals surface area (Å²) in [4.78, 5) is 24.6. The number of amides is 2. The highest BCUT2D eigenvalue weighted by Crippen LogP contribution is 2.60. The van der Waals surface area contributed by atoms with E-state index in [-0.39, 0.29) is 46.0 Å². The van der Waals surface area contributed by atoms with Crippen LogP contribution in [0.25, 0.3) is 0 Å². The second kappa shape index (κ2) is 7.43. The Bertz CT molecular complexity index is 1010. The summed E-state index contributed by atoms with van der Waals surface area (Å²) in [6.45, 7) is -0.252. The number of carbonyl (C=O) groups excluding carboxylic acids is 2. The number of ether oxygens (including phenoxy) is 2. The van der Waals surface area contributed by atoms with Crippen LogP contribution in [-0.2, 0) is 4.79 Å². The molecule has 3 saturated carbocycles. The molecule has 9 heteroatoms. The van der Waals surface area contributed by atoms with Gasteiger partial charge in [0.15, 0.2) is 18.2 Å². The molecule has 0 aliphatic heterocycles. The molecule has 3 fully saturated rings. The van der Waals surface area contributed by atoms with Crippen LogP contribution in [0.2, 0.25) is 5.02 Å². The first-order chi connectivity index (χ1) is 14.2. The molecule has 0 saturated heterocycles. The molecular weight excluding hydrogens is 418 g/mol. The van der Waals surface area contributed by atoms with Crippen molar-refractivity contribution in [3.63, 3.8) is 0 Å². The highest BCUT2D eigenvalue weighted by Gasteiger charge is 2.69. The van der Waals surface area contributed by atoms with Crippen LogP contribution in [0.15, 0.2) is 36.4 Å². The summed E-state index contributed by atoms with van der Waals surface area (Å²) in [7, 11) is 1.33. The van der Waals surface area contributed by atoms with Gasteiger partial charge in [-0.1, -0.05) is 11.6 Å². The monoisotopic (exact) mass is 436 g/mol. The summed E-state index contributed by atoms with van der Waals surface area (Å²) in [5.74, 6) is -1.59. The molecule has 3 aliphatic carbocycles. The molecule has 3 aliphatic rings. The first-order valence-corrected chi connectivity index (χ1v) is 9.66. The zero-order valence-corrected chi connectivity index (χ0v) is 16.8. The number of halogens is 3. The Morgan fingerprint density at radius 2 is 1.73 bits per heavy atom. The number of carbonyl (C=O) groups is 2. The fourth-order valence-corrected chi connectivity index (χ4v) is 4.33. The van der Waals surface area contributed by atoms with E-state index >= 15 is 0 Å². The fraction of sp³-hybridized carbons (Fsp3) is 0.333. The second-order valence-electron chi connectivity index (χ2n) is 7.81. The topological polar surface area (TPSA) is 76.7 Å². The number of benzene rings is 2. The van der Waals surface area contributed by atoms with Gasteiger partial charge in [0.1, 0.15) is 11.6 Å². The van der Waals surface area contributed by atoms with Gasteiger partial charge in [-0.2, -0.15) is 0 Å². The predicted octanol–water partition coefficient (Wildman–Crippen LogP) is 3.23. The Hall–Kier alpha value is -2.87. The normalized spacial score (nSPS) is 23.6. The lowest BCUT2D eigenvalue weighted by molar-refractivity contribution is -0.141. The molecule has 5 rings (SSSR count). The smallest absolute Gasteiger partial charge is 0.258 e.